The van der Waals surface area contributed by atoms with Gasteiger partial charge in [-0.15, -0.1) is 21.5 Å². The van der Waals surface area contributed by atoms with E-state index in [0.29, 0.717) is 23.5 Å². The summed E-state index contributed by atoms with van der Waals surface area (Å²) in [5.74, 6) is 1.49. The van der Waals surface area contributed by atoms with E-state index in [1.807, 2.05) is 0 Å². The summed E-state index contributed by atoms with van der Waals surface area (Å²) in [4.78, 5) is 16.6. The van der Waals surface area contributed by atoms with E-state index in [-0.39, 0.29) is 11.6 Å². The van der Waals surface area contributed by atoms with Crippen molar-refractivity contribution < 1.29 is 18.0 Å². The first-order valence-electron chi connectivity index (χ1n) is 9.74. The first kappa shape index (κ1) is 20.5. The van der Waals surface area contributed by atoms with Crippen molar-refractivity contribution in [3.05, 3.63) is 52.6 Å². The SMILES string of the molecule is O=C(NCCc1nnc2n1CCCCC2)c1csc(-c2cccc(C(F)(F)F)c2)n1. The maximum atomic E-state index is 12.9. The monoisotopic (exact) mass is 435 g/mol. The predicted molar refractivity (Wildman–Crippen MR) is 106 cm³/mol. The lowest BCUT2D eigenvalue weighted by Gasteiger charge is -2.07. The Bertz CT molecular complexity index is 1040. The number of carbonyl (C=O) groups is 1. The van der Waals surface area contributed by atoms with Gasteiger partial charge in [-0.25, -0.2) is 4.98 Å². The predicted octanol–water partition coefficient (Wildman–Crippen LogP) is 4.12. The fourth-order valence-corrected chi connectivity index (χ4v) is 4.24. The molecule has 0 spiro atoms. The fourth-order valence-electron chi connectivity index (χ4n) is 3.45. The van der Waals surface area contributed by atoms with Crippen molar-refractivity contribution in [2.24, 2.45) is 0 Å². The van der Waals surface area contributed by atoms with E-state index < -0.39 is 11.7 Å². The van der Waals surface area contributed by atoms with Crippen LogP contribution in [0.4, 0.5) is 13.2 Å². The van der Waals surface area contributed by atoms with Gasteiger partial charge in [0.1, 0.15) is 22.4 Å². The number of carbonyl (C=O) groups excluding carboxylic acids is 1. The number of rotatable bonds is 5. The molecule has 2 aromatic heterocycles. The van der Waals surface area contributed by atoms with Crippen LogP contribution in [0.2, 0.25) is 0 Å². The van der Waals surface area contributed by atoms with Crippen LogP contribution in [0.25, 0.3) is 10.6 Å². The Balaban J connectivity index is 1.38. The van der Waals surface area contributed by atoms with E-state index in [2.05, 4.69) is 25.1 Å². The van der Waals surface area contributed by atoms with Crippen LogP contribution >= 0.6 is 11.3 Å². The summed E-state index contributed by atoms with van der Waals surface area (Å²) in [6.07, 6.45) is 0.458. The molecule has 1 aliphatic heterocycles. The molecule has 0 bridgehead atoms. The summed E-state index contributed by atoms with van der Waals surface area (Å²) >= 11 is 1.14. The molecule has 0 atom stereocenters. The number of amides is 1. The topological polar surface area (TPSA) is 72.7 Å². The lowest BCUT2D eigenvalue weighted by atomic mass is 10.1. The van der Waals surface area contributed by atoms with Crippen molar-refractivity contribution in [1.82, 2.24) is 25.1 Å². The second-order valence-corrected chi connectivity index (χ2v) is 7.98. The molecule has 3 aromatic rings. The number of hydrogen-bond donors (Lipinski definition) is 1. The summed E-state index contributed by atoms with van der Waals surface area (Å²) in [7, 11) is 0. The minimum atomic E-state index is -4.42. The highest BCUT2D eigenvalue weighted by Crippen LogP contribution is 2.33. The van der Waals surface area contributed by atoms with Crippen LogP contribution in [0, 0.1) is 0 Å². The average Bonchev–Trinajstić information content (AvgIpc) is 3.29. The van der Waals surface area contributed by atoms with Crippen LogP contribution in [0.1, 0.15) is 47.0 Å². The summed E-state index contributed by atoms with van der Waals surface area (Å²) in [6, 6.07) is 4.93. The van der Waals surface area contributed by atoms with Crippen LogP contribution < -0.4 is 5.32 Å². The molecule has 0 fully saturated rings. The van der Waals surface area contributed by atoms with Crippen LogP contribution in [0.5, 0.6) is 0 Å². The molecular weight excluding hydrogens is 415 g/mol. The van der Waals surface area contributed by atoms with Crippen LogP contribution in [-0.2, 0) is 25.6 Å². The maximum Gasteiger partial charge on any atom is 0.416 e. The summed E-state index contributed by atoms with van der Waals surface area (Å²) in [5.41, 5.74) is -0.221. The number of aryl methyl sites for hydroxylation is 1. The van der Waals surface area contributed by atoms with Gasteiger partial charge in [0.25, 0.3) is 5.91 Å². The quantitative estimate of drug-likeness (QED) is 0.654. The van der Waals surface area contributed by atoms with Gasteiger partial charge in [0.15, 0.2) is 0 Å². The van der Waals surface area contributed by atoms with Gasteiger partial charge in [-0.3, -0.25) is 4.79 Å². The molecule has 6 nitrogen and oxygen atoms in total. The van der Waals surface area contributed by atoms with Crippen LogP contribution in [-0.4, -0.2) is 32.2 Å². The molecule has 10 heteroatoms. The largest absolute Gasteiger partial charge is 0.416 e. The molecule has 0 aliphatic carbocycles. The number of fused-ring (bicyclic) bond motifs is 1. The lowest BCUT2D eigenvalue weighted by molar-refractivity contribution is -0.137. The third-order valence-electron chi connectivity index (χ3n) is 4.99. The number of benzene rings is 1. The normalized spacial score (nSPS) is 14.2. The highest BCUT2D eigenvalue weighted by Gasteiger charge is 2.30. The molecule has 1 N–H and O–H groups in total. The van der Waals surface area contributed by atoms with Crippen molar-refractivity contribution in [1.29, 1.82) is 0 Å². The van der Waals surface area contributed by atoms with E-state index >= 15 is 0 Å². The first-order chi connectivity index (χ1) is 14.4. The average molecular weight is 435 g/mol. The van der Waals surface area contributed by atoms with Crippen molar-refractivity contribution in [3.63, 3.8) is 0 Å². The number of nitrogens with one attached hydrogen (secondary N) is 1. The second-order valence-electron chi connectivity index (χ2n) is 7.12. The fraction of sp³-hybridized carbons (Fsp3) is 0.400. The highest BCUT2D eigenvalue weighted by atomic mass is 32.1. The Morgan fingerprint density at radius 2 is 2.07 bits per heavy atom. The van der Waals surface area contributed by atoms with E-state index in [1.165, 1.54) is 12.5 Å². The number of alkyl halides is 3. The Morgan fingerprint density at radius 1 is 1.20 bits per heavy atom. The van der Waals surface area contributed by atoms with E-state index in [4.69, 9.17) is 0 Å². The molecule has 1 aliphatic rings. The zero-order valence-corrected chi connectivity index (χ0v) is 16.9. The Hall–Kier alpha value is -2.75. The van der Waals surface area contributed by atoms with Crippen LogP contribution in [0.3, 0.4) is 0 Å². The van der Waals surface area contributed by atoms with Gasteiger partial charge in [0.2, 0.25) is 0 Å². The lowest BCUT2D eigenvalue weighted by Crippen LogP contribution is -2.26. The molecule has 0 saturated carbocycles. The molecule has 4 rings (SSSR count). The van der Waals surface area contributed by atoms with Crippen molar-refractivity contribution in [2.45, 2.75) is 44.8 Å². The smallest absolute Gasteiger partial charge is 0.350 e. The third kappa shape index (κ3) is 4.53. The van der Waals surface area contributed by atoms with E-state index in [9.17, 15) is 18.0 Å². The van der Waals surface area contributed by atoms with Crippen molar-refractivity contribution in [2.75, 3.05) is 6.54 Å². The minimum absolute atomic E-state index is 0.187. The highest BCUT2D eigenvalue weighted by molar-refractivity contribution is 7.13. The van der Waals surface area contributed by atoms with Crippen LogP contribution in [0.15, 0.2) is 29.6 Å². The number of hydrogen-bond acceptors (Lipinski definition) is 5. The van der Waals surface area contributed by atoms with E-state index in [1.54, 1.807) is 11.4 Å². The summed E-state index contributed by atoms with van der Waals surface area (Å²) in [5, 5.41) is 13.2. The molecular formula is C20H20F3N5OS. The molecule has 0 radical (unpaired) electrons. The molecule has 3 heterocycles. The molecule has 1 aromatic carbocycles. The van der Waals surface area contributed by atoms with Gasteiger partial charge in [0, 0.05) is 36.9 Å². The van der Waals surface area contributed by atoms with Crippen molar-refractivity contribution >= 4 is 17.2 Å². The van der Waals surface area contributed by atoms with Gasteiger partial charge in [0.05, 0.1) is 5.56 Å². The standard InChI is InChI=1S/C20H20F3N5OS/c21-20(22,23)14-6-4-5-13(11-14)19-25-15(12-30-19)18(29)24-9-8-17-27-26-16-7-2-1-3-10-28(16)17/h4-6,11-12H,1-3,7-10H2,(H,24,29). The second kappa shape index (κ2) is 8.55. The zero-order chi connectivity index (χ0) is 21.1. The number of aromatic nitrogens is 4. The Labute approximate surface area is 175 Å². The van der Waals surface area contributed by atoms with Gasteiger partial charge >= 0.3 is 6.18 Å². The van der Waals surface area contributed by atoms with Gasteiger partial charge < -0.3 is 9.88 Å². The molecule has 0 unspecified atom stereocenters. The molecule has 158 valence electrons. The van der Waals surface area contributed by atoms with Crippen molar-refractivity contribution in [3.8, 4) is 10.6 Å². The number of thiazole rings is 1. The molecule has 0 saturated heterocycles. The minimum Gasteiger partial charge on any atom is -0.350 e. The Kier molecular flexibility index (Phi) is 5.85. The molecule has 30 heavy (non-hydrogen) atoms. The zero-order valence-electron chi connectivity index (χ0n) is 16.1. The summed E-state index contributed by atoms with van der Waals surface area (Å²) < 4.78 is 40.9. The number of halogens is 3. The maximum absolute atomic E-state index is 12.9. The first-order valence-corrected chi connectivity index (χ1v) is 10.6. The summed E-state index contributed by atoms with van der Waals surface area (Å²) in [6.45, 7) is 1.28. The third-order valence-corrected chi connectivity index (χ3v) is 5.89. The Morgan fingerprint density at radius 3 is 2.90 bits per heavy atom. The molecule has 1 amide bonds. The van der Waals surface area contributed by atoms with Gasteiger partial charge in [-0.1, -0.05) is 18.6 Å². The van der Waals surface area contributed by atoms with Gasteiger partial charge in [-0.05, 0) is 25.0 Å². The van der Waals surface area contributed by atoms with Gasteiger partial charge in [-0.2, -0.15) is 13.2 Å². The van der Waals surface area contributed by atoms with E-state index in [0.717, 1.165) is 60.9 Å². The number of nitrogens with zero attached hydrogens (tertiary/aromatic N) is 4.